The van der Waals surface area contributed by atoms with Crippen molar-refractivity contribution in [3.63, 3.8) is 0 Å². The molecule has 3 heterocycles. The highest BCUT2D eigenvalue weighted by Gasteiger charge is 2.84. The summed E-state index contributed by atoms with van der Waals surface area (Å²) in [6.07, 6.45) is 3.68. The van der Waals surface area contributed by atoms with Gasteiger partial charge in [0.2, 0.25) is 0 Å². The molecule has 1 aromatic heterocycles. The third-order valence-electron chi connectivity index (χ3n) is 8.43. The summed E-state index contributed by atoms with van der Waals surface area (Å²) in [6, 6.07) is 1.75. The molecular formula is C22H28O8. The van der Waals surface area contributed by atoms with Crippen molar-refractivity contribution >= 4 is 11.9 Å². The number of carbonyl (C=O) groups is 2. The van der Waals surface area contributed by atoms with Crippen LogP contribution in [0.25, 0.3) is 0 Å². The SMILES string of the molecule is CC(=O)OCC12C(O)CC(C)C3(CC(c4ccoc4)OC3=O)C1(O)CCCC21CO1. The first-order valence-electron chi connectivity index (χ1n) is 10.6. The van der Waals surface area contributed by atoms with Crippen LogP contribution >= 0.6 is 0 Å². The zero-order valence-electron chi connectivity index (χ0n) is 17.3. The number of esters is 2. The van der Waals surface area contributed by atoms with Gasteiger partial charge in [0.1, 0.15) is 23.7 Å². The van der Waals surface area contributed by atoms with Crippen LogP contribution in [0.4, 0.5) is 0 Å². The van der Waals surface area contributed by atoms with E-state index in [1.54, 1.807) is 12.3 Å². The maximum absolute atomic E-state index is 13.5. The lowest BCUT2D eigenvalue weighted by molar-refractivity contribution is -0.299. The summed E-state index contributed by atoms with van der Waals surface area (Å²) in [7, 11) is 0. The van der Waals surface area contributed by atoms with Gasteiger partial charge in [-0.1, -0.05) is 6.92 Å². The van der Waals surface area contributed by atoms with Gasteiger partial charge in [-0.3, -0.25) is 9.59 Å². The van der Waals surface area contributed by atoms with E-state index in [1.807, 2.05) is 6.92 Å². The van der Waals surface area contributed by atoms with Crippen molar-refractivity contribution in [1.82, 2.24) is 0 Å². The molecule has 8 nitrogen and oxygen atoms in total. The van der Waals surface area contributed by atoms with E-state index in [9.17, 15) is 19.8 Å². The number of fused-ring (bicyclic) bond motifs is 3. The molecule has 2 N–H and O–H groups in total. The fraction of sp³-hybridized carbons (Fsp3) is 0.727. The van der Waals surface area contributed by atoms with Crippen LogP contribution < -0.4 is 0 Å². The molecule has 0 amide bonds. The van der Waals surface area contributed by atoms with Crippen molar-refractivity contribution in [1.29, 1.82) is 0 Å². The summed E-state index contributed by atoms with van der Waals surface area (Å²) in [6.45, 7) is 3.34. The van der Waals surface area contributed by atoms with Crippen LogP contribution in [0.3, 0.4) is 0 Å². The molecular weight excluding hydrogens is 392 g/mol. The van der Waals surface area contributed by atoms with Gasteiger partial charge in [-0.25, -0.2) is 0 Å². The average Bonchev–Trinajstić information content (AvgIpc) is 3.12. The molecule has 2 saturated heterocycles. The lowest BCUT2D eigenvalue weighted by Crippen LogP contribution is -2.78. The molecule has 7 unspecified atom stereocenters. The second-order valence-corrected chi connectivity index (χ2v) is 9.53. The molecule has 0 bridgehead atoms. The molecule has 0 radical (unpaired) electrons. The van der Waals surface area contributed by atoms with E-state index in [2.05, 4.69) is 0 Å². The van der Waals surface area contributed by atoms with Crippen molar-refractivity contribution in [3.05, 3.63) is 24.2 Å². The highest BCUT2D eigenvalue weighted by molar-refractivity contribution is 5.82. The Labute approximate surface area is 174 Å². The molecule has 8 heteroatoms. The normalized spacial score (nSPS) is 47.2. The van der Waals surface area contributed by atoms with E-state index in [-0.39, 0.29) is 25.4 Å². The van der Waals surface area contributed by atoms with Crippen LogP contribution in [0.15, 0.2) is 23.0 Å². The standard InChI is InChI=1S/C22H28O8/c1-13-8-17(24)21(12-28-14(2)23)19(11-29-19)5-3-6-22(21,26)20(13)9-16(30-18(20)25)15-4-7-27-10-15/h4,7,10,13,16-17,24,26H,3,5-6,8-9,11-12H2,1-2H3. The van der Waals surface area contributed by atoms with Gasteiger partial charge in [0.25, 0.3) is 0 Å². The molecule has 4 aliphatic rings. The molecule has 5 rings (SSSR count). The van der Waals surface area contributed by atoms with Gasteiger partial charge in [0.05, 0.1) is 36.3 Å². The Morgan fingerprint density at radius 1 is 1.37 bits per heavy atom. The Morgan fingerprint density at radius 3 is 2.77 bits per heavy atom. The molecule has 2 aliphatic heterocycles. The van der Waals surface area contributed by atoms with Gasteiger partial charge in [-0.15, -0.1) is 0 Å². The number of rotatable bonds is 3. The maximum atomic E-state index is 13.5. The Balaban J connectivity index is 1.65. The third-order valence-corrected chi connectivity index (χ3v) is 8.43. The Morgan fingerprint density at radius 2 is 2.13 bits per heavy atom. The van der Waals surface area contributed by atoms with E-state index in [4.69, 9.17) is 18.6 Å². The molecule has 7 atom stereocenters. The van der Waals surface area contributed by atoms with Crippen molar-refractivity contribution in [2.24, 2.45) is 16.7 Å². The smallest absolute Gasteiger partial charge is 0.316 e. The summed E-state index contributed by atoms with van der Waals surface area (Å²) in [5.41, 5.74) is -4.25. The minimum absolute atomic E-state index is 0.196. The highest BCUT2D eigenvalue weighted by atomic mass is 16.6. The number of aliphatic hydroxyl groups is 2. The predicted octanol–water partition coefficient (Wildman–Crippen LogP) is 1.89. The lowest BCUT2D eigenvalue weighted by Gasteiger charge is -2.65. The lowest BCUT2D eigenvalue weighted by atomic mass is 9.40. The van der Waals surface area contributed by atoms with Crippen LogP contribution in [0.1, 0.15) is 57.6 Å². The fourth-order valence-electron chi connectivity index (χ4n) is 6.89. The minimum atomic E-state index is -1.64. The van der Waals surface area contributed by atoms with E-state index in [0.717, 1.165) is 5.56 Å². The number of carbonyl (C=O) groups excluding carboxylic acids is 2. The Kier molecular flexibility index (Phi) is 4.21. The maximum Gasteiger partial charge on any atom is 0.316 e. The van der Waals surface area contributed by atoms with Crippen LogP contribution in [0, 0.1) is 16.7 Å². The summed E-state index contributed by atoms with van der Waals surface area (Å²) in [5.74, 6) is -1.31. The van der Waals surface area contributed by atoms with Crippen molar-refractivity contribution < 1.29 is 38.4 Å². The average molecular weight is 420 g/mol. The van der Waals surface area contributed by atoms with Gasteiger partial charge < -0.3 is 28.8 Å². The van der Waals surface area contributed by atoms with E-state index >= 15 is 0 Å². The number of aliphatic hydroxyl groups excluding tert-OH is 1. The highest BCUT2D eigenvalue weighted by Crippen LogP contribution is 2.72. The largest absolute Gasteiger partial charge is 0.472 e. The first-order valence-corrected chi connectivity index (χ1v) is 10.6. The first kappa shape index (κ1) is 20.0. The van der Waals surface area contributed by atoms with Crippen molar-refractivity contribution in [2.45, 2.75) is 69.4 Å². The second kappa shape index (κ2) is 6.31. The summed E-state index contributed by atoms with van der Waals surface area (Å²) in [5, 5.41) is 23.8. The Bertz CT molecular complexity index is 860. The van der Waals surface area contributed by atoms with Crippen LogP contribution in [0.2, 0.25) is 0 Å². The first-order chi connectivity index (χ1) is 14.2. The van der Waals surface area contributed by atoms with Gasteiger partial charge in [-0.05, 0) is 37.7 Å². The van der Waals surface area contributed by atoms with E-state index in [0.29, 0.717) is 25.9 Å². The third kappa shape index (κ3) is 2.22. The molecule has 1 aromatic rings. The monoisotopic (exact) mass is 420 g/mol. The number of furan rings is 1. The topological polar surface area (TPSA) is 119 Å². The van der Waals surface area contributed by atoms with Crippen LogP contribution in [-0.4, -0.2) is 52.7 Å². The van der Waals surface area contributed by atoms with Gasteiger partial charge >= 0.3 is 11.9 Å². The van der Waals surface area contributed by atoms with Crippen molar-refractivity contribution in [3.8, 4) is 0 Å². The number of ether oxygens (including phenoxy) is 3. The van der Waals surface area contributed by atoms with Gasteiger partial charge in [-0.2, -0.15) is 0 Å². The quantitative estimate of drug-likeness (QED) is 0.562. The molecule has 0 aromatic carbocycles. The van der Waals surface area contributed by atoms with Crippen LogP contribution in [0.5, 0.6) is 0 Å². The number of cyclic esters (lactones) is 1. The molecule has 164 valence electrons. The number of hydrogen-bond donors (Lipinski definition) is 2. The zero-order chi connectivity index (χ0) is 21.4. The van der Waals surface area contributed by atoms with Gasteiger partial charge in [0, 0.05) is 18.9 Å². The Hall–Kier alpha value is -1.90. The number of epoxide rings is 1. The summed E-state index contributed by atoms with van der Waals surface area (Å²) >= 11 is 0. The molecule has 30 heavy (non-hydrogen) atoms. The van der Waals surface area contributed by atoms with E-state index < -0.39 is 46.2 Å². The molecule has 4 fully saturated rings. The van der Waals surface area contributed by atoms with Crippen LogP contribution in [-0.2, 0) is 23.8 Å². The molecule has 2 saturated carbocycles. The minimum Gasteiger partial charge on any atom is -0.472 e. The molecule has 2 aliphatic carbocycles. The summed E-state index contributed by atoms with van der Waals surface area (Å²) in [4.78, 5) is 25.2. The van der Waals surface area contributed by atoms with Crippen molar-refractivity contribution in [2.75, 3.05) is 13.2 Å². The number of hydrogen-bond acceptors (Lipinski definition) is 8. The molecule has 2 spiro atoms. The summed E-state index contributed by atoms with van der Waals surface area (Å²) < 4.78 is 22.2. The zero-order valence-corrected chi connectivity index (χ0v) is 17.3. The fourth-order valence-corrected chi connectivity index (χ4v) is 6.89. The van der Waals surface area contributed by atoms with E-state index in [1.165, 1.54) is 13.2 Å². The second-order valence-electron chi connectivity index (χ2n) is 9.53. The van der Waals surface area contributed by atoms with Gasteiger partial charge in [0.15, 0.2) is 0 Å². The predicted molar refractivity (Wildman–Crippen MR) is 101 cm³/mol.